The second-order valence-electron chi connectivity index (χ2n) is 4.95. The summed E-state index contributed by atoms with van der Waals surface area (Å²) >= 11 is 0. The molecule has 0 aromatic carbocycles. The van der Waals surface area contributed by atoms with Gasteiger partial charge in [-0.15, -0.1) is 0 Å². The fourth-order valence-electron chi connectivity index (χ4n) is 1.78. The molecule has 0 bridgehead atoms. The van der Waals surface area contributed by atoms with Crippen LogP contribution in [0.25, 0.3) is 5.95 Å². The molecule has 2 heterocycles. The number of rotatable bonds is 7. The molecule has 2 aromatic heterocycles. The normalized spacial score (nSPS) is 12.4. The van der Waals surface area contributed by atoms with Crippen molar-refractivity contribution in [3.8, 4) is 5.95 Å². The predicted octanol–water partition coefficient (Wildman–Crippen LogP) is 1.18. The predicted molar refractivity (Wildman–Crippen MR) is 80.6 cm³/mol. The van der Waals surface area contributed by atoms with Gasteiger partial charge in [0, 0.05) is 26.6 Å². The number of imidazole rings is 1. The summed E-state index contributed by atoms with van der Waals surface area (Å²) in [4.78, 5) is 17.1. The van der Waals surface area contributed by atoms with Crippen LogP contribution in [0, 0.1) is 5.92 Å². The van der Waals surface area contributed by atoms with Crippen molar-refractivity contribution in [3.05, 3.63) is 18.7 Å². The Balaban J connectivity index is 2.28. The van der Waals surface area contributed by atoms with E-state index in [9.17, 15) is 0 Å². The summed E-state index contributed by atoms with van der Waals surface area (Å²) in [5, 5.41) is 6.23. The van der Waals surface area contributed by atoms with E-state index in [0.29, 0.717) is 30.4 Å². The van der Waals surface area contributed by atoms with Gasteiger partial charge in [-0.05, 0) is 5.92 Å². The molecular formula is C13H21N7O. The zero-order valence-electron chi connectivity index (χ0n) is 12.7. The van der Waals surface area contributed by atoms with E-state index in [1.165, 1.54) is 0 Å². The molecule has 0 aliphatic rings. The number of aromatic nitrogens is 5. The standard InChI is InChI=1S/C13H21N7O/c1-9(2)10(7-21-4)16-12-17-11(14-3)18-13(19-12)20-6-5-15-8-20/h5-6,8-10H,7H2,1-4H3,(H2,14,16,17,18,19). The third kappa shape index (κ3) is 3.88. The van der Waals surface area contributed by atoms with E-state index in [2.05, 4.69) is 44.4 Å². The lowest BCUT2D eigenvalue weighted by Gasteiger charge is -2.21. The van der Waals surface area contributed by atoms with Gasteiger partial charge in [-0.1, -0.05) is 13.8 Å². The van der Waals surface area contributed by atoms with Gasteiger partial charge in [-0.3, -0.25) is 4.57 Å². The lowest BCUT2D eigenvalue weighted by molar-refractivity contribution is 0.171. The molecule has 8 heteroatoms. The Bertz CT molecular complexity index is 556. The highest BCUT2D eigenvalue weighted by Gasteiger charge is 2.16. The lowest BCUT2D eigenvalue weighted by atomic mass is 10.1. The molecule has 0 spiro atoms. The maximum Gasteiger partial charge on any atom is 0.241 e. The Morgan fingerprint density at radius 1 is 1.24 bits per heavy atom. The first-order chi connectivity index (χ1) is 10.1. The van der Waals surface area contributed by atoms with Crippen molar-refractivity contribution in [3.63, 3.8) is 0 Å². The average Bonchev–Trinajstić information content (AvgIpc) is 3.00. The van der Waals surface area contributed by atoms with Crippen LogP contribution in [0.1, 0.15) is 13.8 Å². The number of hydrogen-bond acceptors (Lipinski definition) is 7. The molecule has 2 aromatic rings. The van der Waals surface area contributed by atoms with E-state index in [0.717, 1.165) is 0 Å². The number of nitrogens with zero attached hydrogens (tertiary/aromatic N) is 5. The molecule has 8 nitrogen and oxygen atoms in total. The highest BCUT2D eigenvalue weighted by Crippen LogP contribution is 2.13. The summed E-state index contributed by atoms with van der Waals surface area (Å²) < 4.78 is 6.96. The molecule has 114 valence electrons. The number of hydrogen-bond donors (Lipinski definition) is 2. The number of nitrogens with one attached hydrogen (secondary N) is 2. The zero-order chi connectivity index (χ0) is 15.2. The Morgan fingerprint density at radius 2 is 2.00 bits per heavy atom. The van der Waals surface area contributed by atoms with E-state index in [-0.39, 0.29) is 6.04 Å². The second kappa shape index (κ2) is 6.98. The fraction of sp³-hybridized carbons (Fsp3) is 0.538. The Hall–Kier alpha value is -2.22. The molecule has 0 saturated heterocycles. The van der Waals surface area contributed by atoms with E-state index in [1.54, 1.807) is 37.4 Å². The topological polar surface area (TPSA) is 89.8 Å². The minimum atomic E-state index is 0.123. The van der Waals surface area contributed by atoms with E-state index in [1.807, 2.05) is 0 Å². The van der Waals surface area contributed by atoms with Crippen LogP contribution < -0.4 is 10.6 Å². The van der Waals surface area contributed by atoms with Gasteiger partial charge in [0.1, 0.15) is 6.33 Å². The molecule has 0 saturated carbocycles. The van der Waals surface area contributed by atoms with Crippen LogP contribution in [0.4, 0.5) is 11.9 Å². The molecule has 2 N–H and O–H groups in total. The second-order valence-corrected chi connectivity index (χ2v) is 4.95. The average molecular weight is 291 g/mol. The monoisotopic (exact) mass is 291 g/mol. The first kappa shape index (κ1) is 15.2. The first-order valence-electron chi connectivity index (χ1n) is 6.81. The molecule has 0 fully saturated rings. The summed E-state index contributed by atoms with van der Waals surface area (Å²) in [5.41, 5.74) is 0. The van der Waals surface area contributed by atoms with Gasteiger partial charge in [-0.2, -0.15) is 15.0 Å². The highest BCUT2D eigenvalue weighted by atomic mass is 16.5. The summed E-state index contributed by atoms with van der Waals surface area (Å²) in [6.45, 7) is 4.82. The van der Waals surface area contributed by atoms with Crippen molar-refractivity contribution >= 4 is 11.9 Å². The van der Waals surface area contributed by atoms with E-state index < -0.39 is 0 Å². The minimum absolute atomic E-state index is 0.123. The molecular weight excluding hydrogens is 270 g/mol. The van der Waals surface area contributed by atoms with Gasteiger partial charge in [0.15, 0.2) is 0 Å². The maximum absolute atomic E-state index is 5.23. The molecule has 1 atom stereocenters. The minimum Gasteiger partial charge on any atom is -0.383 e. The summed E-state index contributed by atoms with van der Waals surface area (Å²) in [5.74, 6) is 1.90. The van der Waals surface area contributed by atoms with Gasteiger partial charge in [-0.25, -0.2) is 4.98 Å². The van der Waals surface area contributed by atoms with Crippen molar-refractivity contribution in [2.45, 2.75) is 19.9 Å². The van der Waals surface area contributed by atoms with Crippen molar-refractivity contribution in [1.82, 2.24) is 24.5 Å². The summed E-state index contributed by atoms with van der Waals surface area (Å²) in [7, 11) is 3.45. The Labute approximate surface area is 124 Å². The molecule has 0 aliphatic heterocycles. The number of methoxy groups -OCH3 is 1. The molecule has 0 amide bonds. The number of ether oxygens (including phenoxy) is 1. The van der Waals surface area contributed by atoms with Gasteiger partial charge in [0.2, 0.25) is 17.8 Å². The molecule has 2 rings (SSSR count). The van der Waals surface area contributed by atoms with Gasteiger partial charge >= 0.3 is 0 Å². The third-order valence-corrected chi connectivity index (χ3v) is 3.05. The van der Waals surface area contributed by atoms with Crippen molar-refractivity contribution in [2.75, 3.05) is 31.4 Å². The van der Waals surface area contributed by atoms with E-state index in [4.69, 9.17) is 4.74 Å². The zero-order valence-corrected chi connectivity index (χ0v) is 12.7. The molecule has 0 aliphatic carbocycles. The quantitative estimate of drug-likeness (QED) is 0.791. The lowest BCUT2D eigenvalue weighted by Crippen LogP contribution is -2.31. The van der Waals surface area contributed by atoms with Crippen molar-refractivity contribution < 1.29 is 4.74 Å². The van der Waals surface area contributed by atoms with E-state index >= 15 is 0 Å². The van der Waals surface area contributed by atoms with Gasteiger partial charge < -0.3 is 15.4 Å². The highest BCUT2D eigenvalue weighted by molar-refractivity contribution is 5.38. The fourth-order valence-corrected chi connectivity index (χ4v) is 1.78. The SMILES string of the molecule is CNc1nc(NC(COC)C(C)C)nc(-n2ccnc2)n1. The van der Waals surface area contributed by atoms with Crippen LogP contribution in [-0.4, -0.2) is 51.3 Å². The summed E-state index contributed by atoms with van der Waals surface area (Å²) in [6.07, 6.45) is 5.11. The first-order valence-corrected chi connectivity index (χ1v) is 6.81. The van der Waals surface area contributed by atoms with Crippen LogP contribution in [0.5, 0.6) is 0 Å². The van der Waals surface area contributed by atoms with Crippen LogP contribution in [0.3, 0.4) is 0 Å². The summed E-state index contributed by atoms with van der Waals surface area (Å²) in [6, 6.07) is 0.123. The van der Waals surface area contributed by atoms with Crippen LogP contribution in [0.15, 0.2) is 18.7 Å². The van der Waals surface area contributed by atoms with Crippen molar-refractivity contribution in [1.29, 1.82) is 0 Å². The van der Waals surface area contributed by atoms with Crippen LogP contribution in [0.2, 0.25) is 0 Å². The third-order valence-electron chi connectivity index (χ3n) is 3.05. The van der Waals surface area contributed by atoms with Crippen LogP contribution >= 0.6 is 0 Å². The van der Waals surface area contributed by atoms with Crippen molar-refractivity contribution in [2.24, 2.45) is 5.92 Å². The Morgan fingerprint density at radius 3 is 2.57 bits per heavy atom. The number of anilines is 2. The van der Waals surface area contributed by atoms with Crippen LogP contribution in [-0.2, 0) is 4.74 Å². The molecule has 0 radical (unpaired) electrons. The molecule has 1 unspecified atom stereocenters. The largest absolute Gasteiger partial charge is 0.383 e. The van der Waals surface area contributed by atoms with Gasteiger partial charge in [0.25, 0.3) is 0 Å². The van der Waals surface area contributed by atoms with Gasteiger partial charge in [0.05, 0.1) is 12.6 Å². The maximum atomic E-state index is 5.23. The Kier molecular flexibility index (Phi) is 5.04. The molecule has 21 heavy (non-hydrogen) atoms. The smallest absolute Gasteiger partial charge is 0.241 e.